The summed E-state index contributed by atoms with van der Waals surface area (Å²) in [5.41, 5.74) is -1.08. The molecule has 1 aromatic heterocycles. The Bertz CT molecular complexity index is 328. The molecule has 0 bridgehead atoms. The van der Waals surface area contributed by atoms with Crippen LogP contribution in [0, 0.1) is 18.2 Å². The van der Waals surface area contributed by atoms with Crippen LogP contribution in [0.1, 0.15) is 19.0 Å². The van der Waals surface area contributed by atoms with Crippen LogP contribution >= 0.6 is 0 Å². The van der Waals surface area contributed by atoms with Gasteiger partial charge in [0.05, 0.1) is 11.9 Å². The summed E-state index contributed by atoms with van der Waals surface area (Å²) in [6.45, 7) is 1.74. The molecular formula is C10H10FNO. The van der Waals surface area contributed by atoms with Gasteiger partial charge in [0, 0.05) is 0 Å². The topological polar surface area (TPSA) is 33.1 Å². The van der Waals surface area contributed by atoms with Crippen LogP contribution in [-0.2, 0) is 5.60 Å². The highest BCUT2D eigenvalue weighted by Crippen LogP contribution is 2.21. The van der Waals surface area contributed by atoms with Crippen molar-refractivity contribution in [1.29, 1.82) is 0 Å². The third kappa shape index (κ3) is 1.85. The van der Waals surface area contributed by atoms with Crippen LogP contribution in [0.5, 0.6) is 0 Å². The minimum atomic E-state index is -1.38. The van der Waals surface area contributed by atoms with Gasteiger partial charge in [-0.2, -0.15) is 0 Å². The summed E-state index contributed by atoms with van der Waals surface area (Å²) < 4.78 is 12.5. The van der Waals surface area contributed by atoms with Crippen LogP contribution in [0.2, 0.25) is 0 Å². The fourth-order valence-electron chi connectivity index (χ4n) is 0.978. The second kappa shape index (κ2) is 3.55. The SMILES string of the molecule is C#CC(O)(CC)c1ccc(F)cn1. The zero-order chi connectivity index (χ0) is 9.90. The van der Waals surface area contributed by atoms with Gasteiger partial charge in [0.2, 0.25) is 0 Å². The standard InChI is InChI=1S/C10H10FNO/c1-3-10(13,4-2)9-6-5-8(11)7-12-9/h1,5-7,13H,4H2,2H3. The molecule has 1 rings (SSSR count). The fourth-order valence-corrected chi connectivity index (χ4v) is 0.978. The first-order valence-corrected chi connectivity index (χ1v) is 3.94. The van der Waals surface area contributed by atoms with Gasteiger partial charge in [-0.25, -0.2) is 4.39 Å². The number of rotatable bonds is 2. The average molecular weight is 179 g/mol. The molecule has 0 aliphatic heterocycles. The molecule has 3 heteroatoms. The van der Waals surface area contributed by atoms with Crippen LogP contribution in [-0.4, -0.2) is 10.1 Å². The Hall–Kier alpha value is -1.40. The van der Waals surface area contributed by atoms with Gasteiger partial charge in [0.25, 0.3) is 0 Å². The van der Waals surface area contributed by atoms with E-state index >= 15 is 0 Å². The van der Waals surface area contributed by atoms with Gasteiger partial charge in [0.15, 0.2) is 5.60 Å². The van der Waals surface area contributed by atoms with Crippen LogP contribution in [0.15, 0.2) is 18.3 Å². The maximum Gasteiger partial charge on any atom is 0.167 e. The van der Waals surface area contributed by atoms with Crippen molar-refractivity contribution in [1.82, 2.24) is 4.98 Å². The molecule has 0 aliphatic carbocycles. The molecule has 2 nitrogen and oxygen atoms in total. The summed E-state index contributed by atoms with van der Waals surface area (Å²) in [6.07, 6.45) is 6.54. The molecule has 68 valence electrons. The number of pyridine rings is 1. The lowest BCUT2D eigenvalue weighted by Crippen LogP contribution is -2.23. The minimum Gasteiger partial charge on any atom is -0.372 e. The summed E-state index contributed by atoms with van der Waals surface area (Å²) in [7, 11) is 0. The lowest BCUT2D eigenvalue weighted by Gasteiger charge is -2.18. The first-order valence-electron chi connectivity index (χ1n) is 3.94. The van der Waals surface area contributed by atoms with Gasteiger partial charge in [-0.15, -0.1) is 6.42 Å². The molecular weight excluding hydrogens is 169 g/mol. The van der Waals surface area contributed by atoms with Gasteiger partial charge in [-0.3, -0.25) is 4.98 Å². The van der Waals surface area contributed by atoms with Gasteiger partial charge in [0.1, 0.15) is 5.82 Å². The highest BCUT2D eigenvalue weighted by molar-refractivity contribution is 5.23. The lowest BCUT2D eigenvalue weighted by molar-refractivity contribution is 0.0913. The van der Waals surface area contributed by atoms with E-state index < -0.39 is 11.4 Å². The Kier molecular flexibility index (Phi) is 2.64. The highest BCUT2D eigenvalue weighted by Gasteiger charge is 2.25. The molecule has 0 saturated heterocycles. The predicted octanol–water partition coefficient (Wildman–Crippen LogP) is 1.45. The number of hydrogen-bond acceptors (Lipinski definition) is 2. The van der Waals surface area contributed by atoms with E-state index in [0.29, 0.717) is 12.1 Å². The predicted molar refractivity (Wildman–Crippen MR) is 47.2 cm³/mol. The monoisotopic (exact) mass is 179 g/mol. The molecule has 1 heterocycles. The molecule has 0 amide bonds. The summed E-state index contributed by atoms with van der Waals surface area (Å²) in [5, 5.41) is 9.77. The molecule has 1 unspecified atom stereocenters. The summed E-state index contributed by atoms with van der Waals surface area (Å²) >= 11 is 0. The second-order valence-electron chi connectivity index (χ2n) is 2.72. The molecule has 0 aromatic carbocycles. The normalized spacial score (nSPS) is 14.6. The van der Waals surface area contributed by atoms with Crippen molar-refractivity contribution in [3.05, 3.63) is 29.8 Å². The fraction of sp³-hybridized carbons (Fsp3) is 0.300. The van der Waals surface area contributed by atoms with Crippen molar-refractivity contribution in [2.75, 3.05) is 0 Å². The third-order valence-corrected chi connectivity index (χ3v) is 1.90. The maximum atomic E-state index is 12.5. The van der Waals surface area contributed by atoms with Crippen LogP contribution in [0.25, 0.3) is 0 Å². The zero-order valence-corrected chi connectivity index (χ0v) is 7.29. The molecule has 1 N–H and O–H groups in total. The van der Waals surface area contributed by atoms with E-state index in [1.54, 1.807) is 6.92 Å². The van der Waals surface area contributed by atoms with E-state index in [2.05, 4.69) is 10.9 Å². The Morgan fingerprint density at radius 3 is 2.77 bits per heavy atom. The number of aromatic nitrogens is 1. The van der Waals surface area contributed by atoms with E-state index in [-0.39, 0.29) is 0 Å². The van der Waals surface area contributed by atoms with E-state index in [4.69, 9.17) is 6.42 Å². The number of aliphatic hydroxyl groups is 1. The first-order chi connectivity index (χ1) is 6.12. The van der Waals surface area contributed by atoms with Gasteiger partial charge < -0.3 is 5.11 Å². The average Bonchev–Trinajstić information content (AvgIpc) is 2.18. The zero-order valence-electron chi connectivity index (χ0n) is 7.29. The smallest absolute Gasteiger partial charge is 0.167 e. The van der Waals surface area contributed by atoms with Gasteiger partial charge in [-0.1, -0.05) is 12.8 Å². The lowest BCUT2D eigenvalue weighted by atomic mass is 9.97. The van der Waals surface area contributed by atoms with Crippen molar-refractivity contribution < 1.29 is 9.50 Å². The molecule has 0 saturated carbocycles. The number of nitrogens with zero attached hydrogens (tertiary/aromatic N) is 1. The number of halogens is 1. The molecule has 0 radical (unpaired) electrons. The van der Waals surface area contributed by atoms with Gasteiger partial charge >= 0.3 is 0 Å². The summed E-state index contributed by atoms with van der Waals surface area (Å²) in [4.78, 5) is 3.72. The number of terminal acetylenes is 1. The minimum absolute atomic E-state index is 0.305. The van der Waals surface area contributed by atoms with Crippen molar-refractivity contribution in [2.24, 2.45) is 0 Å². The van der Waals surface area contributed by atoms with Crippen LogP contribution < -0.4 is 0 Å². The summed E-state index contributed by atoms with van der Waals surface area (Å²) in [5.74, 6) is 1.79. The molecule has 1 atom stereocenters. The quantitative estimate of drug-likeness (QED) is 0.697. The highest BCUT2D eigenvalue weighted by atomic mass is 19.1. The molecule has 1 aromatic rings. The number of hydrogen-bond donors (Lipinski definition) is 1. The largest absolute Gasteiger partial charge is 0.372 e. The summed E-state index contributed by atoms with van der Waals surface area (Å²) in [6, 6.07) is 2.61. The van der Waals surface area contributed by atoms with E-state index in [1.165, 1.54) is 12.1 Å². The van der Waals surface area contributed by atoms with E-state index in [0.717, 1.165) is 6.20 Å². The Balaban J connectivity index is 3.08. The molecule has 0 aliphatic rings. The maximum absolute atomic E-state index is 12.5. The van der Waals surface area contributed by atoms with Gasteiger partial charge in [-0.05, 0) is 18.6 Å². The first kappa shape index (κ1) is 9.69. The molecule has 0 spiro atoms. The van der Waals surface area contributed by atoms with Crippen molar-refractivity contribution in [3.63, 3.8) is 0 Å². The Labute approximate surface area is 76.4 Å². The van der Waals surface area contributed by atoms with Crippen molar-refractivity contribution >= 4 is 0 Å². The molecule has 0 fully saturated rings. The van der Waals surface area contributed by atoms with E-state index in [9.17, 15) is 9.50 Å². The Morgan fingerprint density at radius 2 is 2.38 bits per heavy atom. The van der Waals surface area contributed by atoms with Crippen LogP contribution in [0.3, 0.4) is 0 Å². The van der Waals surface area contributed by atoms with Crippen molar-refractivity contribution in [2.45, 2.75) is 18.9 Å². The van der Waals surface area contributed by atoms with Crippen molar-refractivity contribution in [3.8, 4) is 12.3 Å². The Morgan fingerprint density at radius 1 is 1.69 bits per heavy atom. The van der Waals surface area contributed by atoms with E-state index in [1.807, 2.05) is 0 Å². The second-order valence-corrected chi connectivity index (χ2v) is 2.72. The third-order valence-electron chi connectivity index (χ3n) is 1.90. The van der Waals surface area contributed by atoms with Crippen LogP contribution in [0.4, 0.5) is 4.39 Å². The molecule has 13 heavy (non-hydrogen) atoms.